The van der Waals surface area contributed by atoms with Crippen molar-refractivity contribution >= 4 is 17.3 Å². The highest BCUT2D eigenvalue weighted by Gasteiger charge is 2.23. The zero-order valence-corrected chi connectivity index (χ0v) is 11.6. The molecule has 0 saturated heterocycles. The Balaban J connectivity index is 2.30. The number of hydrogen-bond donors (Lipinski definition) is 1. The van der Waals surface area contributed by atoms with Crippen LogP contribution in [0.4, 0.5) is 5.69 Å². The lowest BCUT2D eigenvalue weighted by Crippen LogP contribution is -2.16. The molecule has 1 aromatic carbocycles. The van der Waals surface area contributed by atoms with Crippen LogP contribution in [0.1, 0.15) is 12.8 Å². The van der Waals surface area contributed by atoms with Gasteiger partial charge in [0.1, 0.15) is 5.56 Å². The van der Waals surface area contributed by atoms with Crippen molar-refractivity contribution in [2.24, 2.45) is 0 Å². The van der Waals surface area contributed by atoms with Crippen LogP contribution >= 0.6 is 11.6 Å². The number of aromatic nitrogens is 2. The van der Waals surface area contributed by atoms with Gasteiger partial charge in [0.25, 0.3) is 11.6 Å². The van der Waals surface area contributed by atoms with Gasteiger partial charge in [-0.2, -0.15) is 0 Å². The fourth-order valence-electron chi connectivity index (χ4n) is 1.70. The fourth-order valence-corrected chi connectivity index (χ4v) is 1.95. The molecule has 0 atom stereocenters. The zero-order chi connectivity index (χ0) is 14.5. The molecule has 0 spiro atoms. The molecule has 0 radical (unpaired) electrons. The SMILES string of the molecule is CCNCCc1nnc(-c2c(Cl)cccc2[N+](=O)[O-])o1. The zero-order valence-electron chi connectivity index (χ0n) is 10.8. The van der Waals surface area contributed by atoms with E-state index in [0.717, 1.165) is 6.54 Å². The maximum atomic E-state index is 11.0. The summed E-state index contributed by atoms with van der Waals surface area (Å²) in [6, 6.07) is 4.41. The van der Waals surface area contributed by atoms with E-state index in [0.29, 0.717) is 18.9 Å². The van der Waals surface area contributed by atoms with Crippen LogP contribution in [0, 0.1) is 10.1 Å². The Morgan fingerprint density at radius 1 is 1.45 bits per heavy atom. The molecule has 0 aliphatic carbocycles. The summed E-state index contributed by atoms with van der Waals surface area (Å²) in [6.07, 6.45) is 0.555. The van der Waals surface area contributed by atoms with Crippen LogP contribution in [-0.4, -0.2) is 28.2 Å². The molecule has 1 N–H and O–H groups in total. The third-order valence-electron chi connectivity index (χ3n) is 2.63. The topological polar surface area (TPSA) is 94.1 Å². The van der Waals surface area contributed by atoms with Crippen molar-refractivity contribution in [2.75, 3.05) is 13.1 Å². The molecule has 0 amide bonds. The number of nitrogens with zero attached hydrogens (tertiary/aromatic N) is 3. The highest BCUT2D eigenvalue weighted by atomic mass is 35.5. The van der Waals surface area contributed by atoms with Gasteiger partial charge in [0, 0.05) is 19.0 Å². The second kappa shape index (κ2) is 6.44. The van der Waals surface area contributed by atoms with Crippen LogP contribution in [0.15, 0.2) is 22.6 Å². The molecule has 7 nitrogen and oxygen atoms in total. The minimum absolute atomic E-state index is 0.0637. The summed E-state index contributed by atoms with van der Waals surface area (Å²) < 4.78 is 5.44. The Hall–Kier alpha value is -1.99. The quantitative estimate of drug-likeness (QED) is 0.500. The summed E-state index contributed by atoms with van der Waals surface area (Å²) in [7, 11) is 0. The average Bonchev–Trinajstić information content (AvgIpc) is 2.87. The van der Waals surface area contributed by atoms with Gasteiger partial charge in [-0.25, -0.2) is 0 Å². The standard InChI is InChI=1S/C12H13ClN4O3/c1-2-14-7-6-10-15-16-12(20-10)11-8(13)4-3-5-9(11)17(18)19/h3-5,14H,2,6-7H2,1H3. The first kappa shape index (κ1) is 14.4. The molecular weight excluding hydrogens is 284 g/mol. The summed E-state index contributed by atoms with van der Waals surface area (Å²) >= 11 is 6.00. The first-order chi connectivity index (χ1) is 9.63. The van der Waals surface area contributed by atoms with Crippen LogP contribution in [0.5, 0.6) is 0 Å². The Bertz CT molecular complexity index is 614. The molecule has 0 fully saturated rings. The average molecular weight is 297 g/mol. The maximum Gasteiger partial charge on any atom is 0.283 e. The summed E-state index contributed by atoms with van der Waals surface area (Å²) in [5, 5.41) is 22.0. The normalized spacial score (nSPS) is 10.7. The number of rotatable bonds is 6. The van der Waals surface area contributed by atoms with Crippen molar-refractivity contribution in [2.45, 2.75) is 13.3 Å². The number of nitro benzene ring substituents is 1. The monoisotopic (exact) mass is 296 g/mol. The van der Waals surface area contributed by atoms with Crippen LogP contribution in [-0.2, 0) is 6.42 Å². The number of nitrogens with one attached hydrogen (secondary N) is 1. The van der Waals surface area contributed by atoms with Gasteiger partial charge >= 0.3 is 0 Å². The Labute approximate surface area is 120 Å². The van der Waals surface area contributed by atoms with Crippen molar-refractivity contribution in [3.05, 3.63) is 39.2 Å². The van der Waals surface area contributed by atoms with Gasteiger partial charge in [-0.3, -0.25) is 10.1 Å². The lowest BCUT2D eigenvalue weighted by Gasteiger charge is -2.00. The summed E-state index contributed by atoms with van der Waals surface area (Å²) in [4.78, 5) is 10.5. The largest absolute Gasteiger partial charge is 0.420 e. The molecular formula is C12H13ClN4O3. The molecule has 20 heavy (non-hydrogen) atoms. The van der Waals surface area contributed by atoms with Crippen molar-refractivity contribution in [3.63, 3.8) is 0 Å². The molecule has 0 bridgehead atoms. The predicted octanol–water partition coefficient (Wildman–Crippen LogP) is 2.45. The minimum atomic E-state index is -0.524. The van der Waals surface area contributed by atoms with Crippen LogP contribution in [0.2, 0.25) is 5.02 Å². The van der Waals surface area contributed by atoms with E-state index in [1.807, 2.05) is 6.92 Å². The van der Waals surface area contributed by atoms with E-state index in [1.165, 1.54) is 12.1 Å². The third-order valence-corrected chi connectivity index (χ3v) is 2.95. The molecule has 2 aromatic rings. The van der Waals surface area contributed by atoms with Crippen molar-refractivity contribution in [1.82, 2.24) is 15.5 Å². The number of benzene rings is 1. The lowest BCUT2D eigenvalue weighted by atomic mass is 10.2. The van der Waals surface area contributed by atoms with Crippen LogP contribution in [0.25, 0.3) is 11.5 Å². The molecule has 0 aliphatic heterocycles. The molecule has 2 rings (SSSR count). The Kier molecular flexibility index (Phi) is 4.65. The van der Waals surface area contributed by atoms with Crippen molar-refractivity contribution < 1.29 is 9.34 Å². The highest BCUT2D eigenvalue weighted by Crippen LogP contribution is 2.35. The predicted molar refractivity (Wildman–Crippen MR) is 73.6 cm³/mol. The van der Waals surface area contributed by atoms with E-state index in [1.54, 1.807) is 6.07 Å². The van der Waals surface area contributed by atoms with E-state index in [4.69, 9.17) is 16.0 Å². The fraction of sp³-hybridized carbons (Fsp3) is 0.333. The number of nitro groups is 1. The maximum absolute atomic E-state index is 11.0. The summed E-state index contributed by atoms with van der Waals surface area (Å²) in [6.45, 7) is 3.53. The third kappa shape index (κ3) is 3.12. The molecule has 8 heteroatoms. The Morgan fingerprint density at radius 3 is 2.95 bits per heavy atom. The summed E-state index contributed by atoms with van der Waals surface area (Å²) in [5.41, 5.74) is 0.000695. The highest BCUT2D eigenvalue weighted by molar-refractivity contribution is 6.33. The first-order valence-electron chi connectivity index (χ1n) is 6.09. The van der Waals surface area contributed by atoms with Gasteiger partial charge in [0.2, 0.25) is 5.89 Å². The molecule has 1 aromatic heterocycles. The second-order valence-corrected chi connectivity index (χ2v) is 4.40. The van der Waals surface area contributed by atoms with E-state index >= 15 is 0 Å². The second-order valence-electron chi connectivity index (χ2n) is 4.00. The molecule has 1 heterocycles. The smallest absolute Gasteiger partial charge is 0.283 e. The molecule has 106 valence electrons. The van der Waals surface area contributed by atoms with Gasteiger partial charge in [-0.05, 0) is 12.6 Å². The summed E-state index contributed by atoms with van der Waals surface area (Å²) in [5.74, 6) is 0.476. The number of halogens is 1. The molecule has 0 aliphatic rings. The van der Waals surface area contributed by atoms with E-state index in [2.05, 4.69) is 15.5 Å². The van der Waals surface area contributed by atoms with Gasteiger partial charge in [-0.15, -0.1) is 10.2 Å². The lowest BCUT2D eigenvalue weighted by molar-refractivity contribution is -0.384. The van der Waals surface area contributed by atoms with Crippen LogP contribution in [0.3, 0.4) is 0 Å². The van der Waals surface area contributed by atoms with E-state index < -0.39 is 4.92 Å². The first-order valence-corrected chi connectivity index (χ1v) is 6.47. The van der Waals surface area contributed by atoms with Gasteiger partial charge in [0.15, 0.2) is 0 Å². The van der Waals surface area contributed by atoms with Crippen molar-refractivity contribution in [3.8, 4) is 11.5 Å². The van der Waals surface area contributed by atoms with E-state index in [-0.39, 0.29) is 22.2 Å². The number of hydrogen-bond acceptors (Lipinski definition) is 6. The van der Waals surface area contributed by atoms with Crippen molar-refractivity contribution in [1.29, 1.82) is 0 Å². The molecule has 0 saturated carbocycles. The van der Waals surface area contributed by atoms with E-state index in [9.17, 15) is 10.1 Å². The van der Waals surface area contributed by atoms with Gasteiger partial charge in [-0.1, -0.05) is 24.6 Å². The van der Waals surface area contributed by atoms with Crippen LogP contribution < -0.4 is 5.32 Å². The van der Waals surface area contributed by atoms with Gasteiger partial charge in [0.05, 0.1) is 9.95 Å². The Morgan fingerprint density at radius 2 is 2.25 bits per heavy atom. The number of likely N-dealkylation sites (N-methyl/N-ethyl adjacent to an activating group) is 1. The van der Waals surface area contributed by atoms with Gasteiger partial charge < -0.3 is 9.73 Å². The molecule has 0 unspecified atom stereocenters. The minimum Gasteiger partial charge on any atom is -0.420 e.